The van der Waals surface area contributed by atoms with Crippen LogP contribution in [0.2, 0.25) is 5.02 Å². The molecule has 6 heteroatoms. The lowest BCUT2D eigenvalue weighted by Crippen LogP contribution is -2.49. The highest BCUT2D eigenvalue weighted by atomic mass is 35.5. The van der Waals surface area contributed by atoms with Crippen LogP contribution >= 0.6 is 11.6 Å². The third-order valence-corrected chi connectivity index (χ3v) is 4.06. The lowest BCUT2D eigenvalue weighted by atomic mass is 10.2. The predicted molar refractivity (Wildman–Crippen MR) is 95.6 cm³/mol. The lowest BCUT2D eigenvalue weighted by Gasteiger charge is -2.34. The van der Waals surface area contributed by atoms with E-state index >= 15 is 0 Å². The second-order valence-corrected chi connectivity index (χ2v) is 7.05. The molecule has 1 aliphatic rings. The van der Waals surface area contributed by atoms with Crippen molar-refractivity contribution in [2.24, 2.45) is 5.92 Å². The van der Waals surface area contributed by atoms with Gasteiger partial charge in [-0.3, -0.25) is 9.69 Å². The monoisotopic (exact) mass is 354 g/mol. The molecule has 0 radical (unpaired) electrons. The molecule has 5 nitrogen and oxygen atoms in total. The summed E-state index contributed by atoms with van der Waals surface area (Å²) >= 11 is 5.92. The molecule has 0 bridgehead atoms. The number of hydrogen-bond donors (Lipinski definition) is 1. The maximum absolute atomic E-state index is 12.2. The third-order valence-electron chi connectivity index (χ3n) is 3.83. The van der Waals surface area contributed by atoms with E-state index < -0.39 is 6.10 Å². The molecule has 134 valence electrons. The molecule has 1 aliphatic heterocycles. The van der Waals surface area contributed by atoms with Gasteiger partial charge in [0.2, 0.25) is 0 Å². The normalized spacial score (nSPS) is 20.0. The van der Waals surface area contributed by atoms with Gasteiger partial charge in [-0.05, 0) is 31.0 Å². The molecular formula is C18H27ClN2O3. The SMILES string of the molecule is CC(C)CN1CCOC(CNC(=O)C(C)Oc2cccc(Cl)c2)C1. The Balaban J connectivity index is 1.75. The summed E-state index contributed by atoms with van der Waals surface area (Å²) in [5.74, 6) is 1.06. The largest absolute Gasteiger partial charge is 0.481 e. The molecule has 1 aromatic carbocycles. The zero-order valence-corrected chi connectivity index (χ0v) is 15.4. The summed E-state index contributed by atoms with van der Waals surface area (Å²) in [6.07, 6.45) is -0.557. The van der Waals surface area contributed by atoms with Gasteiger partial charge in [-0.25, -0.2) is 0 Å². The number of benzene rings is 1. The van der Waals surface area contributed by atoms with Gasteiger partial charge in [0.15, 0.2) is 6.10 Å². The van der Waals surface area contributed by atoms with Crippen LogP contribution in [0.1, 0.15) is 20.8 Å². The Labute approximate surface area is 149 Å². The molecule has 1 heterocycles. The van der Waals surface area contributed by atoms with Crippen LogP contribution in [0.25, 0.3) is 0 Å². The van der Waals surface area contributed by atoms with Gasteiger partial charge in [0, 0.05) is 31.2 Å². The van der Waals surface area contributed by atoms with Crippen molar-refractivity contribution in [1.29, 1.82) is 0 Å². The van der Waals surface area contributed by atoms with E-state index in [0.717, 1.165) is 19.6 Å². The fourth-order valence-corrected chi connectivity index (χ4v) is 2.92. The van der Waals surface area contributed by atoms with Crippen LogP contribution in [0.15, 0.2) is 24.3 Å². The first-order valence-electron chi connectivity index (χ1n) is 8.48. The number of ether oxygens (including phenoxy) is 2. The van der Waals surface area contributed by atoms with Crippen molar-refractivity contribution in [2.75, 3.05) is 32.8 Å². The summed E-state index contributed by atoms with van der Waals surface area (Å²) < 4.78 is 11.4. The first kappa shape index (κ1) is 19.0. The molecule has 2 rings (SSSR count). The number of nitrogens with zero attached hydrogens (tertiary/aromatic N) is 1. The number of morpholine rings is 1. The van der Waals surface area contributed by atoms with Gasteiger partial charge in [-0.1, -0.05) is 31.5 Å². The Morgan fingerprint density at radius 1 is 1.46 bits per heavy atom. The third kappa shape index (κ3) is 6.30. The Kier molecular flexibility index (Phi) is 7.34. The molecule has 2 unspecified atom stereocenters. The zero-order chi connectivity index (χ0) is 17.5. The van der Waals surface area contributed by atoms with Crippen LogP contribution in [0.5, 0.6) is 5.75 Å². The molecule has 0 aromatic heterocycles. The van der Waals surface area contributed by atoms with Crippen molar-refractivity contribution < 1.29 is 14.3 Å². The number of rotatable bonds is 7. The van der Waals surface area contributed by atoms with Gasteiger partial charge >= 0.3 is 0 Å². The molecule has 2 atom stereocenters. The Hall–Kier alpha value is -1.30. The molecule has 1 aromatic rings. The second-order valence-electron chi connectivity index (χ2n) is 6.61. The number of nitrogens with one attached hydrogen (secondary N) is 1. The highest BCUT2D eigenvalue weighted by Crippen LogP contribution is 2.18. The van der Waals surface area contributed by atoms with E-state index in [1.54, 1.807) is 31.2 Å². The fraction of sp³-hybridized carbons (Fsp3) is 0.611. The first-order chi connectivity index (χ1) is 11.4. The summed E-state index contributed by atoms with van der Waals surface area (Å²) in [4.78, 5) is 14.6. The smallest absolute Gasteiger partial charge is 0.260 e. The van der Waals surface area contributed by atoms with E-state index in [2.05, 4.69) is 24.1 Å². The zero-order valence-electron chi connectivity index (χ0n) is 14.6. The Morgan fingerprint density at radius 3 is 2.96 bits per heavy atom. The second kappa shape index (κ2) is 9.25. The van der Waals surface area contributed by atoms with E-state index in [-0.39, 0.29) is 12.0 Å². The summed E-state index contributed by atoms with van der Waals surface area (Å²) in [7, 11) is 0. The van der Waals surface area contributed by atoms with Gasteiger partial charge in [-0.15, -0.1) is 0 Å². The lowest BCUT2D eigenvalue weighted by molar-refractivity contribution is -0.128. The molecule has 0 aliphatic carbocycles. The van der Waals surface area contributed by atoms with Crippen molar-refractivity contribution in [3.8, 4) is 5.75 Å². The minimum absolute atomic E-state index is 0.0276. The standard InChI is InChI=1S/C18H27ClN2O3/c1-13(2)11-21-7-8-23-17(12-21)10-20-18(22)14(3)24-16-6-4-5-15(19)9-16/h4-6,9,13-14,17H,7-8,10-12H2,1-3H3,(H,20,22). The average Bonchev–Trinajstić information content (AvgIpc) is 2.52. The van der Waals surface area contributed by atoms with Gasteiger partial charge in [0.25, 0.3) is 5.91 Å². The molecule has 1 N–H and O–H groups in total. The molecule has 1 fully saturated rings. The number of carbonyl (C=O) groups excluding carboxylic acids is 1. The van der Waals surface area contributed by atoms with Gasteiger partial charge in [0.1, 0.15) is 5.75 Å². The van der Waals surface area contributed by atoms with Crippen molar-refractivity contribution in [2.45, 2.75) is 33.0 Å². The van der Waals surface area contributed by atoms with Crippen molar-refractivity contribution in [3.05, 3.63) is 29.3 Å². The molecular weight excluding hydrogens is 328 g/mol. The highest BCUT2D eigenvalue weighted by Gasteiger charge is 2.22. The van der Waals surface area contributed by atoms with Gasteiger partial charge in [-0.2, -0.15) is 0 Å². The predicted octanol–water partition coefficient (Wildman–Crippen LogP) is 2.58. The molecule has 0 saturated carbocycles. The number of carbonyl (C=O) groups is 1. The van der Waals surface area contributed by atoms with Crippen molar-refractivity contribution >= 4 is 17.5 Å². The average molecular weight is 355 g/mol. The highest BCUT2D eigenvalue weighted by molar-refractivity contribution is 6.30. The number of halogens is 1. The summed E-state index contributed by atoms with van der Waals surface area (Å²) in [5, 5.41) is 3.50. The van der Waals surface area contributed by atoms with Gasteiger partial charge in [0.05, 0.1) is 12.7 Å². The maximum atomic E-state index is 12.2. The summed E-state index contributed by atoms with van der Waals surface area (Å²) in [5.41, 5.74) is 0. The quantitative estimate of drug-likeness (QED) is 0.817. The van der Waals surface area contributed by atoms with E-state index in [1.165, 1.54) is 0 Å². The van der Waals surface area contributed by atoms with E-state index in [1.807, 2.05) is 0 Å². The van der Waals surface area contributed by atoms with E-state index in [0.29, 0.717) is 29.8 Å². The fourth-order valence-electron chi connectivity index (χ4n) is 2.74. The van der Waals surface area contributed by atoms with Crippen LogP contribution in [-0.4, -0.2) is 55.8 Å². The molecule has 24 heavy (non-hydrogen) atoms. The molecule has 0 spiro atoms. The number of hydrogen-bond acceptors (Lipinski definition) is 4. The Morgan fingerprint density at radius 2 is 2.25 bits per heavy atom. The summed E-state index contributed by atoms with van der Waals surface area (Å²) in [6.45, 7) is 10.2. The van der Waals surface area contributed by atoms with Crippen LogP contribution in [0.3, 0.4) is 0 Å². The van der Waals surface area contributed by atoms with Crippen LogP contribution < -0.4 is 10.1 Å². The Bertz CT molecular complexity index is 539. The van der Waals surface area contributed by atoms with Crippen molar-refractivity contribution in [1.82, 2.24) is 10.2 Å². The van der Waals surface area contributed by atoms with Crippen LogP contribution in [-0.2, 0) is 9.53 Å². The minimum atomic E-state index is -0.584. The minimum Gasteiger partial charge on any atom is -0.481 e. The van der Waals surface area contributed by atoms with Gasteiger partial charge < -0.3 is 14.8 Å². The van der Waals surface area contributed by atoms with E-state index in [9.17, 15) is 4.79 Å². The maximum Gasteiger partial charge on any atom is 0.260 e. The van der Waals surface area contributed by atoms with Crippen molar-refractivity contribution in [3.63, 3.8) is 0 Å². The van der Waals surface area contributed by atoms with E-state index in [4.69, 9.17) is 21.1 Å². The van der Waals surface area contributed by atoms with Crippen LogP contribution in [0, 0.1) is 5.92 Å². The summed E-state index contributed by atoms with van der Waals surface area (Å²) in [6, 6.07) is 7.03. The molecule has 1 amide bonds. The number of amides is 1. The van der Waals surface area contributed by atoms with Crippen LogP contribution in [0.4, 0.5) is 0 Å². The molecule has 1 saturated heterocycles. The topological polar surface area (TPSA) is 50.8 Å². The first-order valence-corrected chi connectivity index (χ1v) is 8.85.